The maximum absolute atomic E-state index is 12.0. The minimum Gasteiger partial charge on any atom is -0.335 e. The highest BCUT2D eigenvalue weighted by Crippen LogP contribution is 2.65. The van der Waals surface area contributed by atoms with Crippen LogP contribution in [0.15, 0.2) is 0 Å². The molecule has 3 heteroatoms. The maximum atomic E-state index is 12.0. The first-order valence-electron chi connectivity index (χ1n) is 7.41. The zero-order valence-corrected chi connectivity index (χ0v) is 12.0. The Labute approximate surface area is 110 Å². The van der Waals surface area contributed by atoms with E-state index in [1.807, 2.05) is 0 Å². The quantitative estimate of drug-likeness (QED) is 0.777. The summed E-state index contributed by atoms with van der Waals surface area (Å²) in [4.78, 5) is 12.0. The standard InChI is InChI=1S/C15H26N2O/c1-9-7-11(9)16-13(18)17-12-8-10-5-6-15(12,4)14(10,2)3/h9-12H,5-8H2,1-4H3,(H2,16,17,18)/t9-,10-,11+,12-,15-/m1/s1. The Morgan fingerprint density at radius 3 is 2.28 bits per heavy atom. The SMILES string of the molecule is C[C@@H]1C[C@@H]1NC(=O)N[C@@H]1C[C@H]2CC[C@@]1(C)C2(C)C. The van der Waals surface area contributed by atoms with E-state index in [1.54, 1.807) is 0 Å². The molecule has 2 bridgehead atoms. The Hall–Kier alpha value is -0.730. The van der Waals surface area contributed by atoms with E-state index in [1.165, 1.54) is 12.8 Å². The van der Waals surface area contributed by atoms with Crippen LogP contribution in [0.1, 0.15) is 53.4 Å². The lowest BCUT2D eigenvalue weighted by Crippen LogP contribution is -2.50. The van der Waals surface area contributed by atoms with Crippen LogP contribution in [0.2, 0.25) is 0 Å². The molecule has 0 aliphatic heterocycles. The fraction of sp³-hybridized carbons (Fsp3) is 0.933. The van der Waals surface area contributed by atoms with Gasteiger partial charge in [0.15, 0.2) is 0 Å². The highest BCUT2D eigenvalue weighted by atomic mass is 16.2. The van der Waals surface area contributed by atoms with Crippen molar-refractivity contribution < 1.29 is 4.79 Å². The molecule has 3 saturated carbocycles. The maximum Gasteiger partial charge on any atom is 0.315 e. The number of carbonyl (C=O) groups excluding carboxylic acids is 1. The van der Waals surface area contributed by atoms with Gasteiger partial charge in [0.2, 0.25) is 0 Å². The average molecular weight is 250 g/mol. The molecule has 3 aliphatic rings. The summed E-state index contributed by atoms with van der Waals surface area (Å²) in [5.41, 5.74) is 0.655. The lowest BCUT2D eigenvalue weighted by Gasteiger charge is -2.39. The molecule has 0 aromatic carbocycles. The molecule has 5 atom stereocenters. The van der Waals surface area contributed by atoms with Crippen LogP contribution >= 0.6 is 0 Å². The van der Waals surface area contributed by atoms with Crippen molar-refractivity contribution >= 4 is 6.03 Å². The lowest BCUT2D eigenvalue weighted by molar-refractivity contribution is 0.123. The summed E-state index contributed by atoms with van der Waals surface area (Å²) in [6, 6.07) is 0.837. The molecule has 18 heavy (non-hydrogen) atoms. The van der Waals surface area contributed by atoms with Gasteiger partial charge in [-0.15, -0.1) is 0 Å². The van der Waals surface area contributed by atoms with Gasteiger partial charge in [-0.3, -0.25) is 0 Å². The minimum atomic E-state index is 0.0546. The Kier molecular flexibility index (Phi) is 2.49. The largest absolute Gasteiger partial charge is 0.335 e. The Bertz CT molecular complexity index is 379. The van der Waals surface area contributed by atoms with E-state index in [0.29, 0.717) is 23.4 Å². The summed E-state index contributed by atoms with van der Waals surface area (Å²) >= 11 is 0. The normalized spacial score (nSPS) is 48.0. The number of nitrogens with one attached hydrogen (secondary N) is 2. The van der Waals surface area contributed by atoms with Crippen LogP contribution in [0.3, 0.4) is 0 Å². The predicted molar refractivity (Wildman–Crippen MR) is 72.3 cm³/mol. The molecule has 0 aromatic heterocycles. The molecule has 0 saturated heterocycles. The van der Waals surface area contributed by atoms with Crippen molar-refractivity contribution in [3.63, 3.8) is 0 Å². The van der Waals surface area contributed by atoms with Crippen molar-refractivity contribution in [3.8, 4) is 0 Å². The molecule has 3 aliphatic carbocycles. The molecule has 2 amide bonds. The van der Waals surface area contributed by atoms with E-state index < -0.39 is 0 Å². The van der Waals surface area contributed by atoms with Gasteiger partial charge in [-0.2, -0.15) is 0 Å². The number of hydrogen-bond donors (Lipinski definition) is 2. The minimum absolute atomic E-state index is 0.0546. The molecule has 102 valence electrons. The van der Waals surface area contributed by atoms with Crippen LogP contribution in [-0.2, 0) is 0 Å². The van der Waals surface area contributed by atoms with Crippen molar-refractivity contribution in [2.75, 3.05) is 0 Å². The summed E-state index contributed by atoms with van der Waals surface area (Å²) < 4.78 is 0. The topological polar surface area (TPSA) is 41.1 Å². The molecule has 3 fully saturated rings. The smallest absolute Gasteiger partial charge is 0.315 e. The van der Waals surface area contributed by atoms with Crippen molar-refractivity contribution in [1.29, 1.82) is 0 Å². The Balaban J connectivity index is 1.63. The van der Waals surface area contributed by atoms with Crippen LogP contribution in [0.25, 0.3) is 0 Å². The second-order valence-electron chi connectivity index (χ2n) is 7.60. The Morgan fingerprint density at radius 2 is 1.83 bits per heavy atom. The highest BCUT2D eigenvalue weighted by Gasteiger charge is 2.61. The summed E-state index contributed by atoms with van der Waals surface area (Å²) in [5.74, 6) is 1.45. The lowest BCUT2D eigenvalue weighted by atomic mass is 9.69. The van der Waals surface area contributed by atoms with Crippen molar-refractivity contribution in [2.24, 2.45) is 22.7 Å². The van der Waals surface area contributed by atoms with Gasteiger partial charge in [0.25, 0.3) is 0 Å². The third-order valence-electron chi connectivity index (χ3n) is 6.53. The van der Waals surface area contributed by atoms with E-state index in [0.717, 1.165) is 18.8 Å². The van der Waals surface area contributed by atoms with Gasteiger partial charge >= 0.3 is 6.03 Å². The van der Waals surface area contributed by atoms with Crippen LogP contribution in [0.4, 0.5) is 4.79 Å². The summed E-state index contributed by atoms with van der Waals surface area (Å²) in [7, 11) is 0. The van der Waals surface area contributed by atoms with Gasteiger partial charge in [0.05, 0.1) is 0 Å². The van der Waals surface area contributed by atoms with Crippen molar-refractivity contribution in [1.82, 2.24) is 10.6 Å². The Morgan fingerprint density at radius 1 is 1.17 bits per heavy atom. The zero-order valence-electron chi connectivity index (χ0n) is 12.0. The number of rotatable bonds is 2. The average Bonchev–Trinajstić information content (AvgIpc) is 2.86. The van der Waals surface area contributed by atoms with Gasteiger partial charge in [-0.1, -0.05) is 27.7 Å². The highest BCUT2D eigenvalue weighted by molar-refractivity contribution is 5.75. The van der Waals surface area contributed by atoms with Crippen LogP contribution in [-0.4, -0.2) is 18.1 Å². The van der Waals surface area contributed by atoms with Gasteiger partial charge < -0.3 is 10.6 Å². The van der Waals surface area contributed by atoms with Crippen molar-refractivity contribution in [3.05, 3.63) is 0 Å². The van der Waals surface area contributed by atoms with E-state index in [2.05, 4.69) is 38.3 Å². The second-order valence-corrected chi connectivity index (χ2v) is 7.60. The van der Waals surface area contributed by atoms with E-state index >= 15 is 0 Å². The predicted octanol–water partition coefficient (Wildman–Crippen LogP) is 2.91. The number of urea groups is 1. The third kappa shape index (κ3) is 1.59. The molecule has 2 N–H and O–H groups in total. The molecule has 0 unspecified atom stereocenters. The number of amides is 2. The molecule has 0 aromatic rings. The molecule has 0 spiro atoms. The molecular weight excluding hydrogens is 224 g/mol. The summed E-state index contributed by atoms with van der Waals surface area (Å²) in [6.45, 7) is 9.32. The first-order chi connectivity index (χ1) is 8.34. The second kappa shape index (κ2) is 3.64. The van der Waals surface area contributed by atoms with Gasteiger partial charge in [-0.25, -0.2) is 4.79 Å². The van der Waals surface area contributed by atoms with Crippen LogP contribution in [0, 0.1) is 22.7 Å². The molecule has 0 radical (unpaired) electrons. The fourth-order valence-electron chi connectivity index (χ4n) is 4.31. The van der Waals surface area contributed by atoms with Gasteiger partial charge in [-0.05, 0) is 48.3 Å². The van der Waals surface area contributed by atoms with Crippen LogP contribution in [0.5, 0.6) is 0 Å². The summed E-state index contributed by atoms with van der Waals surface area (Å²) in [6.07, 6.45) is 4.90. The first-order valence-corrected chi connectivity index (χ1v) is 7.41. The van der Waals surface area contributed by atoms with E-state index in [4.69, 9.17) is 0 Å². The monoisotopic (exact) mass is 250 g/mol. The van der Waals surface area contributed by atoms with Gasteiger partial charge in [0.1, 0.15) is 0 Å². The molecule has 0 heterocycles. The number of fused-ring (bicyclic) bond motifs is 2. The first kappa shape index (κ1) is 12.3. The van der Waals surface area contributed by atoms with E-state index in [-0.39, 0.29) is 11.4 Å². The molecular formula is C15H26N2O. The summed E-state index contributed by atoms with van der Waals surface area (Å²) in [5, 5.41) is 6.33. The van der Waals surface area contributed by atoms with Crippen LogP contribution < -0.4 is 10.6 Å². The molecule has 3 nitrogen and oxygen atoms in total. The fourth-order valence-corrected chi connectivity index (χ4v) is 4.31. The molecule has 3 rings (SSSR count). The third-order valence-corrected chi connectivity index (χ3v) is 6.53. The van der Waals surface area contributed by atoms with Crippen molar-refractivity contribution in [2.45, 2.75) is 65.5 Å². The van der Waals surface area contributed by atoms with E-state index in [9.17, 15) is 4.79 Å². The number of carbonyl (C=O) groups is 1. The van der Waals surface area contributed by atoms with Gasteiger partial charge in [0, 0.05) is 12.1 Å². The zero-order chi connectivity index (χ0) is 13.1. The number of hydrogen-bond acceptors (Lipinski definition) is 1.